The number of aromatic nitrogens is 1. The Bertz CT molecular complexity index is 572. The van der Waals surface area contributed by atoms with Crippen molar-refractivity contribution in [1.82, 2.24) is 4.98 Å². The van der Waals surface area contributed by atoms with Crippen molar-refractivity contribution >= 4 is 16.9 Å². The van der Waals surface area contributed by atoms with Crippen LogP contribution in [0.5, 0.6) is 0 Å². The van der Waals surface area contributed by atoms with Gasteiger partial charge in [-0.1, -0.05) is 13.0 Å². The van der Waals surface area contributed by atoms with E-state index >= 15 is 0 Å². The van der Waals surface area contributed by atoms with Gasteiger partial charge in [0.15, 0.2) is 0 Å². The number of H-pyrrole nitrogens is 1. The fourth-order valence-electron chi connectivity index (χ4n) is 2.10. The Morgan fingerprint density at radius 1 is 1.39 bits per heavy atom. The zero-order valence-electron chi connectivity index (χ0n) is 10.7. The highest BCUT2D eigenvalue weighted by atomic mass is 16.5. The van der Waals surface area contributed by atoms with E-state index in [0.29, 0.717) is 18.8 Å². The average Bonchev–Trinajstić information content (AvgIpc) is 2.76. The van der Waals surface area contributed by atoms with Crippen molar-refractivity contribution in [3.8, 4) is 0 Å². The molecule has 1 heterocycles. The Morgan fingerprint density at radius 3 is 2.78 bits per heavy atom. The van der Waals surface area contributed by atoms with Crippen molar-refractivity contribution in [2.24, 2.45) is 5.73 Å². The van der Waals surface area contributed by atoms with Gasteiger partial charge in [0.2, 0.25) is 0 Å². The number of rotatable bonds is 4. The molecule has 0 fully saturated rings. The van der Waals surface area contributed by atoms with E-state index in [9.17, 15) is 4.79 Å². The van der Waals surface area contributed by atoms with Gasteiger partial charge < -0.3 is 15.5 Å². The quantitative estimate of drug-likeness (QED) is 0.814. The number of nitrogens with one attached hydrogen (secondary N) is 1. The molecule has 0 bridgehead atoms. The molecule has 2 aromatic rings. The summed E-state index contributed by atoms with van der Waals surface area (Å²) in [4.78, 5) is 14.9. The molecular formula is C14H18N2O2. The third kappa shape index (κ3) is 2.11. The third-order valence-electron chi connectivity index (χ3n) is 3.06. The van der Waals surface area contributed by atoms with Crippen LogP contribution in [0.15, 0.2) is 18.2 Å². The molecule has 0 aliphatic carbocycles. The molecule has 4 nitrogen and oxygen atoms in total. The molecule has 0 aliphatic heterocycles. The van der Waals surface area contributed by atoms with Crippen molar-refractivity contribution in [1.29, 1.82) is 0 Å². The minimum atomic E-state index is -0.341. The molecular weight excluding hydrogens is 228 g/mol. The van der Waals surface area contributed by atoms with Crippen molar-refractivity contribution < 1.29 is 9.53 Å². The number of carbonyl (C=O) groups excluding carboxylic acids is 1. The van der Waals surface area contributed by atoms with Gasteiger partial charge >= 0.3 is 5.97 Å². The fourth-order valence-corrected chi connectivity index (χ4v) is 2.10. The number of fused-ring (bicyclic) bond motifs is 1. The molecule has 1 aromatic carbocycles. The number of hydrogen-bond acceptors (Lipinski definition) is 3. The van der Waals surface area contributed by atoms with Gasteiger partial charge in [-0.05, 0) is 31.0 Å². The lowest BCUT2D eigenvalue weighted by Gasteiger charge is -2.02. The number of hydrogen-bond donors (Lipinski definition) is 2. The second kappa shape index (κ2) is 5.23. The van der Waals surface area contributed by atoms with Crippen molar-refractivity contribution in [2.45, 2.75) is 26.8 Å². The van der Waals surface area contributed by atoms with Crippen LogP contribution < -0.4 is 5.73 Å². The normalized spacial score (nSPS) is 10.8. The first-order valence-electron chi connectivity index (χ1n) is 6.21. The number of esters is 1. The highest BCUT2D eigenvalue weighted by Gasteiger charge is 2.17. The molecule has 0 saturated carbocycles. The first-order chi connectivity index (χ1) is 8.71. The van der Waals surface area contributed by atoms with Crippen LogP contribution in [-0.2, 0) is 17.7 Å². The highest BCUT2D eigenvalue weighted by molar-refractivity contribution is 5.98. The maximum atomic E-state index is 11.8. The lowest BCUT2D eigenvalue weighted by molar-refractivity contribution is 0.0519. The summed E-state index contributed by atoms with van der Waals surface area (Å²) in [6, 6.07) is 6.11. The Morgan fingerprint density at radius 2 is 2.17 bits per heavy atom. The summed E-state index contributed by atoms with van der Waals surface area (Å²) in [5.41, 5.74) is 9.22. The van der Waals surface area contributed by atoms with Crippen LogP contribution in [0, 0.1) is 0 Å². The first-order valence-corrected chi connectivity index (χ1v) is 6.21. The summed E-state index contributed by atoms with van der Waals surface area (Å²) in [6.45, 7) is 4.57. The van der Waals surface area contributed by atoms with Crippen LogP contribution in [0.2, 0.25) is 0 Å². The van der Waals surface area contributed by atoms with Crippen LogP contribution >= 0.6 is 0 Å². The van der Waals surface area contributed by atoms with Gasteiger partial charge in [0, 0.05) is 23.0 Å². The Kier molecular flexibility index (Phi) is 3.67. The van der Waals surface area contributed by atoms with E-state index in [1.807, 2.05) is 12.1 Å². The second-order valence-corrected chi connectivity index (χ2v) is 4.14. The predicted octanol–water partition coefficient (Wildman–Crippen LogP) is 2.37. The number of aryl methyl sites for hydroxylation is 1. The smallest absolute Gasteiger partial charge is 0.355 e. The van der Waals surface area contributed by atoms with E-state index < -0.39 is 0 Å². The topological polar surface area (TPSA) is 68.1 Å². The van der Waals surface area contributed by atoms with Crippen molar-refractivity contribution in [3.05, 3.63) is 35.0 Å². The second-order valence-electron chi connectivity index (χ2n) is 4.14. The number of carbonyl (C=O) groups is 1. The largest absolute Gasteiger partial charge is 0.461 e. The molecule has 1 aromatic heterocycles. The van der Waals surface area contributed by atoms with Crippen LogP contribution in [-0.4, -0.2) is 17.6 Å². The minimum absolute atomic E-state index is 0.321. The van der Waals surface area contributed by atoms with E-state index in [4.69, 9.17) is 10.5 Å². The summed E-state index contributed by atoms with van der Waals surface area (Å²) in [7, 11) is 0. The molecule has 0 radical (unpaired) electrons. The van der Waals surface area contributed by atoms with Crippen LogP contribution in [0.4, 0.5) is 0 Å². The number of aromatic amines is 1. The van der Waals surface area contributed by atoms with Crippen LogP contribution in [0.1, 0.15) is 35.5 Å². The maximum Gasteiger partial charge on any atom is 0.355 e. The monoisotopic (exact) mass is 246 g/mol. The van der Waals surface area contributed by atoms with E-state index in [2.05, 4.69) is 18.0 Å². The Hall–Kier alpha value is -1.81. The first kappa shape index (κ1) is 12.6. The molecule has 18 heavy (non-hydrogen) atoms. The van der Waals surface area contributed by atoms with Crippen LogP contribution in [0.3, 0.4) is 0 Å². The van der Waals surface area contributed by atoms with Crippen molar-refractivity contribution in [2.75, 3.05) is 6.61 Å². The molecule has 0 spiro atoms. The SMILES string of the molecule is CCOC(=O)c1[nH]c2ccc(CC)cc2c1CN. The zero-order chi connectivity index (χ0) is 13.1. The lowest BCUT2D eigenvalue weighted by atomic mass is 10.1. The summed E-state index contributed by atoms with van der Waals surface area (Å²) in [6.07, 6.45) is 0.958. The van der Waals surface area contributed by atoms with Gasteiger partial charge in [0.1, 0.15) is 5.69 Å². The fraction of sp³-hybridized carbons (Fsp3) is 0.357. The highest BCUT2D eigenvalue weighted by Crippen LogP contribution is 2.24. The van der Waals surface area contributed by atoms with Crippen molar-refractivity contribution in [3.63, 3.8) is 0 Å². The number of benzene rings is 1. The van der Waals surface area contributed by atoms with Gasteiger partial charge in [-0.3, -0.25) is 0 Å². The minimum Gasteiger partial charge on any atom is -0.461 e. The Labute approximate surface area is 106 Å². The summed E-state index contributed by atoms with van der Waals surface area (Å²) in [5.74, 6) is -0.341. The van der Waals surface area contributed by atoms with Gasteiger partial charge in [-0.25, -0.2) is 4.79 Å². The zero-order valence-corrected chi connectivity index (χ0v) is 10.7. The molecule has 0 unspecified atom stereocenters. The van der Waals surface area contributed by atoms with Gasteiger partial charge in [-0.15, -0.1) is 0 Å². The molecule has 0 amide bonds. The number of ether oxygens (including phenoxy) is 1. The molecule has 0 saturated heterocycles. The third-order valence-corrected chi connectivity index (χ3v) is 3.06. The molecule has 0 aliphatic rings. The molecule has 4 heteroatoms. The van der Waals surface area contributed by atoms with Gasteiger partial charge in [0.25, 0.3) is 0 Å². The molecule has 2 rings (SSSR count). The van der Waals surface area contributed by atoms with Crippen LogP contribution in [0.25, 0.3) is 10.9 Å². The van der Waals surface area contributed by atoms with E-state index in [1.165, 1.54) is 5.56 Å². The predicted molar refractivity (Wildman–Crippen MR) is 71.5 cm³/mol. The Balaban J connectivity index is 2.57. The van der Waals surface area contributed by atoms with E-state index in [0.717, 1.165) is 22.9 Å². The summed E-state index contributed by atoms with van der Waals surface area (Å²) >= 11 is 0. The van der Waals surface area contributed by atoms with E-state index in [-0.39, 0.29) is 5.97 Å². The average molecular weight is 246 g/mol. The molecule has 0 atom stereocenters. The lowest BCUT2D eigenvalue weighted by Crippen LogP contribution is -2.10. The van der Waals surface area contributed by atoms with Gasteiger partial charge in [-0.2, -0.15) is 0 Å². The summed E-state index contributed by atoms with van der Waals surface area (Å²) < 4.78 is 5.03. The maximum absolute atomic E-state index is 11.8. The summed E-state index contributed by atoms with van der Waals surface area (Å²) in [5, 5.41) is 1.01. The molecule has 3 N–H and O–H groups in total. The standard InChI is InChI=1S/C14H18N2O2/c1-3-9-5-6-12-10(7-9)11(8-15)13(16-12)14(17)18-4-2/h5-7,16H,3-4,8,15H2,1-2H3. The van der Waals surface area contributed by atoms with Gasteiger partial charge in [0.05, 0.1) is 6.61 Å². The molecule has 96 valence electrons. The van der Waals surface area contributed by atoms with E-state index in [1.54, 1.807) is 6.92 Å². The number of nitrogens with two attached hydrogens (primary N) is 1.